The van der Waals surface area contributed by atoms with Gasteiger partial charge in [-0.15, -0.1) is 0 Å². The molecule has 0 atom stereocenters. The van der Waals surface area contributed by atoms with E-state index < -0.39 is 12.1 Å². The van der Waals surface area contributed by atoms with Crippen LogP contribution in [-0.2, 0) is 29.0 Å². The van der Waals surface area contributed by atoms with E-state index in [0.29, 0.717) is 16.9 Å². The number of ether oxygens (including phenoxy) is 2. The zero-order valence-electron chi connectivity index (χ0n) is 17.9. The van der Waals surface area contributed by atoms with Crippen LogP contribution in [0.4, 0.5) is 4.79 Å². The van der Waals surface area contributed by atoms with Gasteiger partial charge in [-0.05, 0) is 55.9 Å². The van der Waals surface area contributed by atoms with Gasteiger partial charge in [0.25, 0.3) is 0 Å². The molecule has 0 fully saturated rings. The summed E-state index contributed by atoms with van der Waals surface area (Å²) in [6.07, 6.45) is 3.00. The Morgan fingerprint density at radius 3 is 2.56 bits per heavy atom. The predicted molar refractivity (Wildman–Crippen MR) is 119 cm³/mol. The maximum Gasteiger partial charge on any atom is 0.407 e. The fourth-order valence-corrected chi connectivity index (χ4v) is 3.95. The van der Waals surface area contributed by atoms with Crippen LogP contribution in [0, 0.1) is 6.92 Å². The molecule has 3 aromatic rings. The molecule has 32 heavy (non-hydrogen) atoms. The van der Waals surface area contributed by atoms with Crippen molar-refractivity contribution < 1.29 is 23.5 Å². The molecular formula is C25H25NO6. The number of hydrogen-bond acceptors (Lipinski definition) is 6. The van der Waals surface area contributed by atoms with Crippen LogP contribution in [0.15, 0.2) is 51.7 Å². The number of hydrogen-bond donors (Lipinski definition) is 1. The van der Waals surface area contributed by atoms with Gasteiger partial charge in [-0.2, -0.15) is 0 Å². The van der Waals surface area contributed by atoms with Gasteiger partial charge < -0.3 is 19.2 Å². The molecule has 1 aliphatic carbocycles. The van der Waals surface area contributed by atoms with Crippen molar-refractivity contribution in [2.75, 3.05) is 6.54 Å². The van der Waals surface area contributed by atoms with Crippen molar-refractivity contribution in [3.63, 3.8) is 0 Å². The number of nitrogens with one attached hydrogen (secondary N) is 1. The van der Waals surface area contributed by atoms with Gasteiger partial charge in [-0.3, -0.25) is 4.79 Å². The standard InChI is InChI=1S/C25H25NO6/c1-16-21(12-11-19-18-9-5-6-10-20(18)24(28)32-23(16)19)31-22(27)13-14-26-25(29)30-15-17-7-3-2-4-8-17/h2-4,7-8,11-12H,5-6,9-10,13-15H2,1H3,(H,26,29). The molecule has 1 amide bonds. The van der Waals surface area contributed by atoms with E-state index in [9.17, 15) is 14.4 Å². The van der Waals surface area contributed by atoms with Crippen molar-refractivity contribution in [3.8, 4) is 5.75 Å². The van der Waals surface area contributed by atoms with Crippen molar-refractivity contribution in [1.29, 1.82) is 0 Å². The van der Waals surface area contributed by atoms with E-state index >= 15 is 0 Å². The van der Waals surface area contributed by atoms with Crippen molar-refractivity contribution in [1.82, 2.24) is 5.32 Å². The maximum atomic E-state index is 12.4. The molecule has 2 aromatic carbocycles. The topological polar surface area (TPSA) is 94.8 Å². The molecule has 0 radical (unpaired) electrons. The molecule has 1 heterocycles. The summed E-state index contributed by atoms with van der Waals surface area (Å²) in [6.45, 7) is 2.01. The Morgan fingerprint density at radius 2 is 1.78 bits per heavy atom. The first kappa shape index (κ1) is 21.6. The molecule has 1 N–H and O–H groups in total. The van der Waals surface area contributed by atoms with Crippen LogP contribution in [0.25, 0.3) is 11.0 Å². The van der Waals surface area contributed by atoms with Gasteiger partial charge in [0.1, 0.15) is 17.9 Å². The number of rotatable bonds is 6. The highest BCUT2D eigenvalue weighted by Gasteiger charge is 2.20. The molecule has 1 aromatic heterocycles. The van der Waals surface area contributed by atoms with Crippen molar-refractivity contribution in [2.45, 2.75) is 45.6 Å². The normalized spacial score (nSPS) is 12.8. The second kappa shape index (κ2) is 9.68. The van der Waals surface area contributed by atoms with E-state index in [0.717, 1.165) is 47.8 Å². The molecule has 0 unspecified atom stereocenters. The van der Waals surface area contributed by atoms with Gasteiger partial charge in [0, 0.05) is 23.1 Å². The van der Waals surface area contributed by atoms with E-state index in [4.69, 9.17) is 13.9 Å². The number of aryl methyl sites for hydroxylation is 2. The van der Waals surface area contributed by atoms with Gasteiger partial charge in [0.15, 0.2) is 0 Å². The van der Waals surface area contributed by atoms with Gasteiger partial charge >= 0.3 is 17.7 Å². The summed E-state index contributed by atoms with van der Waals surface area (Å²) in [7, 11) is 0. The second-order valence-electron chi connectivity index (χ2n) is 7.83. The fraction of sp³-hybridized carbons (Fsp3) is 0.320. The fourth-order valence-electron chi connectivity index (χ4n) is 3.95. The maximum absolute atomic E-state index is 12.4. The molecule has 0 bridgehead atoms. The van der Waals surface area contributed by atoms with Crippen molar-refractivity contribution in [2.24, 2.45) is 0 Å². The SMILES string of the molecule is Cc1c(OC(=O)CCNC(=O)OCc2ccccc2)ccc2c3c(c(=O)oc12)CCCC3. The van der Waals surface area contributed by atoms with Crippen LogP contribution >= 0.6 is 0 Å². The monoisotopic (exact) mass is 435 g/mol. The van der Waals surface area contributed by atoms with Gasteiger partial charge in [-0.1, -0.05) is 30.3 Å². The number of fused-ring (bicyclic) bond motifs is 3. The van der Waals surface area contributed by atoms with Crippen LogP contribution in [0.3, 0.4) is 0 Å². The average molecular weight is 435 g/mol. The lowest BCUT2D eigenvalue weighted by atomic mass is 9.90. The molecule has 0 aliphatic heterocycles. The van der Waals surface area contributed by atoms with Gasteiger partial charge in [0.2, 0.25) is 0 Å². The molecule has 0 saturated heterocycles. The number of carbonyl (C=O) groups is 2. The van der Waals surface area contributed by atoms with Crippen molar-refractivity contribution in [3.05, 3.63) is 75.1 Å². The van der Waals surface area contributed by atoms with E-state index in [2.05, 4.69) is 5.32 Å². The Hall–Kier alpha value is -3.61. The van der Waals surface area contributed by atoms with E-state index in [1.54, 1.807) is 13.0 Å². The summed E-state index contributed by atoms with van der Waals surface area (Å²) in [6, 6.07) is 12.9. The molecule has 4 rings (SSSR count). The molecule has 166 valence electrons. The number of carbonyl (C=O) groups excluding carboxylic acids is 2. The quantitative estimate of drug-likeness (QED) is 0.354. The van der Waals surface area contributed by atoms with Gasteiger partial charge in [0.05, 0.1) is 6.42 Å². The Balaban J connectivity index is 1.34. The summed E-state index contributed by atoms with van der Waals surface area (Å²) in [4.78, 5) is 36.4. The Bertz CT molecular complexity index is 1200. The summed E-state index contributed by atoms with van der Waals surface area (Å²) in [5.41, 5.74) is 3.44. The average Bonchev–Trinajstić information content (AvgIpc) is 2.81. The van der Waals surface area contributed by atoms with E-state index in [1.165, 1.54) is 0 Å². The zero-order chi connectivity index (χ0) is 22.5. The van der Waals surface area contributed by atoms with E-state index in [-0.39, 0.29) is 25.2 Å². The van der Waals surface area contributed by atoms with Crippen molar-refractivity contribution >= 4 is 23.0 Å². The highest BCUT2D eigenvalue weighted by molar-refractivity contribution is 5.87. The van der Waals surface area contributed by atoms with Crippen LogP contribution in [0.2, 0.25) is 0 Å². The summed E-state index contributed by atoms with van der Waals surface area (Å²) < 4.78 is 16.1. The molecule has 0 saturated carbocycles. The molecule has 0 spiro atoms. The Kier molecular flexibility index (Phi) is 6.54. The third-order valence-corrected chi connectivity index (χ3v) is 5.63. The number of amides is 1. The second-order valence-corrected chi connectivity index (χ2v) is 7.83. The minimum atomic E-state index is -0.602. The first-order chi connectivity index (χ1) is 15.5. The van der Waals surface area contributed by atoms with Crippen LogP contribution < -0.4 is 15.7 Å². The molecule has 1 aliphatic rings. The van der Waals surface area contributed by atoms with Gasteiger partial charge in [-0.25, -0.2) is 9.59 Å². The largest absolute Gasteiger partial charge is 0.445 e. The lowest BCUT2D eigenvalue weighted by Gasteiger charge is -2.17. The van der Waals surface area contributed by atoms with Crippen LogP contribution in [0.5, 0.6) is 5.75 Å². The highest BCUT2D eigenvalue weighted by atomic mass is 16.5. The number of esters is 1. The molecule has 7 nitrogen and oxygen atoms in total. The van der Waals surface area contributed by atoms with Crippen LogP contribution in [-0.4, -0.2) is 18.6 Å². The summed E-state index contributed by atoms with van der Waals surface area (Å²) >= 11 is 0. The molecular weight excluding hydrogens is 410 g/mol. The minimum absolute atomic E-state index is 0.0218. The van der Waals surface area contributed by atoms with E-state index in [1.807, 2.05) is 36.4 Å². The lowest BCUT2D eigenvalue weighted by Crippen LogP contribution is -2.27. The Morgan fingerprint density at radius 1 is 1.03 bits per heavy atom. The number of alkyl carbamates (subject to hydrolysis) is 1. The third kappa shape index (κ3) is 4.82. The number of benzene rings is 2. The molecule has 7 heteroatoms. The highest BCUT2D eigenvalue weighted by Crippen LogP contribution is 2.32. The third-order valence-electron chi connectivity index (χ3n) is 5.63. The first-order valence-corrected chi connectivity index (χ1v) is 10.8. The smallest absolute Gasteiger partial charge is 0.407 e. The Labute approximate surface area is 185 Å². The predicted octanol–water partition coefficient (Wildman–Crippen LogP) is 4.20. The minimum Gasteiger partial charge on any atom is -0.445 e. The first-order valence-electron chi connectivity index (χ1n) is 10.8. The zero-order valence-corrected chi connectivity index (χ0v) is 17.9. The summed E-state index contributed by atoms with van der Waals surface area (Å²) in [5.74, 6) is -0.163. The summed E-state index contributed by atoms with van der Waals surface area (Å²) in [5, 5.41) is 3.44. The lowest BCUT2D eigenvalue weighted by molar-refractivity contribution is -0.134. The van der Waals surface area contributed by atoms with Crippen LogP contribution in [0.1, 0.15) is 41.5 Å².